The molecule has 2 aromatic rings. The second-order valence-electron chi connectivity index (χ2n) is 4.75. The summed E-state index contributed by atoms with van der Waals surface area (Å²) in [7, 11) is 1.59. The van der Waals surface area contributed by atoms with E-state index in [4.69, 9.17) is 4.74 Å². The highest BCUT2D eigenvalue weighted by molar-refractivity contribution is 5.95. The summed E-state index contributed by atoms with van der Waals surface area (Å²) in [5.41, 5.74) is 1.65. The zero-order chi connectivity index (χ0) is 16.1. The van der Waals surface area contributed by atoms with E-state index in [1.165, 1.54) is 25.1 Å². The van der Waals surface area contributed by atoms with Gasteiger partial charge in [-0.05, 0) is 36.8 Å². The predicted molar refractivity (Wildman–Crippen MR) is 83.4 cm³/mol. The lowest BCUT2D eigenvalue weighted by molar-refractivity contribution is -0.384. The normalized spacial score (nSPS) is 10.1. The zero-order valence-electron chi connectivity index (χ0n) is 12.3. The van der Waals surface area contributed by atoms with Crippen LogP contribution in [0.25, 0.3) is 0 Å². The van der Waals surface area contributed by atoms with E-state index in [1.807, 2.05) is 24.3 Å². The molecule has 0 unspecified atom stereocenters. The molecule has 6 heteroatoms. The number of carbonyl (C=O) groups excluding carboxylic acids is 1. The second kappa shape index (κ2) is 6.71. The van der Waals surface area contributed by atoms with Crippen LogP contribution in [0.4, 0.5) is 11.4 Å². The molecule has 0 aliphatic rings. The molecule has 2 rings (SSSR count). The smallest absolute Gasteiger partial charge is 0.292 e. The van der Waals surface area contributed by atoms with E-state index >= 15 is 0 Å². The molecular formula is C16H16N2O4. The Kier molecular flexibility index (Phi) is 4.73. The minimum Gasteiger partial charge on any atom is -0.497 e. The van der Waals surface area contributed by atoms with E-state index in [0.717, 1.165) is 11.3 Å². The predicted octanol–water partition coefficient (Wildman–Crippen LogP) is 3.42. The lowest BCUT2D eigenvalue weighted by atomic mass is 10.1. The maximum absolute atomic E-state index is 11.4. The van der Waals surface area contributed by atoms with Crippen LogP contribution >= 0.6 is 0 Å². The van der Waals surface area contributed by atoms with Crippen molar-refractivity contribution in [2.24, 2.45) is 0 Å². The van der Waals surface area contributed by atoms with Gasteiger partial charge in [0.25, 0.3) is 5.69 Å². The molecule has 0 saturated heterocycles. The number of ketones is 1. The van der Waals surface area contributed by atoms with Crippen LogP contribution in [0.3, 0.4) is 0 Å². The number of nitro groups is 1. The van der Waals surface area contributed by atoms with Crippen LogP contribution in [0.5, 0.6) is 5.75 Å². The number of ether oxygens (including phenoxy) is 1. The fourth-order valence-corrected chi connectivity index (χ4v) is 2.00. The molecule has 22 heavy (non-hydrogen) atoms. The van der Waals surface area contributed by atoms with Crippen LogP contribution in [0.15, 0.2) is 42.5 Å². The maximum Gasteiger partial charge on any atom is 0.292 e. The van der Waals surface area contributed by atoms with Gasteiger partial charge < -0.3 is 10.1 Å². The number of nitrogens with zero attached hydrogens (tertiary/aromatic N) is 1. The summed E-state index contributed by atoms with van der Waals surface area (Å²) in [5.74, 6) is 0.607. The summed E-state index contributed by atoms with van der Waals surface area (Å²) >= 11 is 0. The molecule has 0 spiro atoms. The van der Waals surface area contributed by atoms with E-state index < -0.39 is 4.92 Å². The fourth-order valence-electron chi connectivity index (χ4n) is 2.00. The largest absolute Gasteiger partial charge is 0.497 e. The van der Waals surface area contributed by atoms with Gasteiger partial charge in [0.2, 0.25) is 0 Å². The van der Waals surface area contributed by atoms with Crippen molar-refractivity contribution in [2.75, 3.05) is 12.4 Å². The van der Waals surface area contributed by atoms with Gasteiger partial charge >= 0.3 is 0 Å². The highest BCUT2D eigenvalue weighted by Gasteiger charge is 2.15. The molecular weight excluding hydrogens is 284 g/mol. The van der Waals surface area contributed by atoms with Crippen molar-refractivity contribution in [3.05, 3.63) is 63.7 Å². The Labute approximate surface area is 127 Å². The van der Waals surface area contributed by atoms with Crippen molar-refractivity contribution in [1.82, 2.24) is 0 Å². The monoisotopic (exact) mass is 300 g/mol. The van der Waals surface area contributed by atoms with Gasteiger partial charge in [0, 0.05) is 18.2 Å². The summed E-state index contributed by atoms with van der Waals surface area (Å²) in [5, 5.41) is 14.1. The Bertz CT molecular complexity index is 696. The first-order valence-electron chi connectivity index (χ1n) is 6.67. The summed E-state index contributed by atoms with van der Waals surface area (Å²) in [6.07, 6.45) is 0. The SMILES string of the molecule is COc1ccc(CNc2cc(C(C)=O)ccc2[N+](=O)[O-])cc1. The third kappa shape index (κ3) is 3.60. The number of rotatable bonds is 6. The number of nitrogens with one attached hydrogen (secondary N) is 1. The summed E-state index contributed by atoms with van der Waals surface area (Å²) in [4.78, 5) is 22.0. The molecule has 0 amide bonds. The zero-order valence-corrected chi connectivity index (χ0v) is 12.3. The molecule has 1 N–H and O–H groups in total. The van der Waals surface area contributed by atoms with Crippen LogP contribution in [-0.2, 0) is 6.54 Å². The van der Waals surface area contributed by atoms with Crippen molar-refractivity contribution < 1.29 is 14.5 Å². The summed E-state index contributed by atoms with van der Waals surface area (Å²) in [6, 6.07) is 11.7. The Hall–Kier alpha value is -2.89. The first kappa shape index (κ1) is 15.5. The summed E-state index contributed by atoms with van der Waals surface area (Å²) < 4.78 is 5.08. The number of anilines is 1. The molecule has 0 aromatic heterocycles. The minimum atomic E-state index is -0.472. The van der Waals surface area contributed by atoms with Gasteiger partial charge in [-0.1, -0.05) is 12.1 Å². The van der Waals surface area contributed by atoms with E-state index in [2.05, 4.69) is 5.32 Å². The highest BCUT2D eigenvalue weighted by atomic mass is 16.6. The summed E-state index contributed by atoms with van der Waals surface area (Å²) in [6.45, 7) is 1.83. The molecule has 0 atom stereocenters. The van der Waals surface area contributed by atoms with Crippen molar-refractivity contribution >= 4 is 17.2 Å². The molecule has 0 aliphatic carbocycles. The van der Waals surface area contributed by atoms with Gasteiger partial charge in [-0.2, -0.15) is 0 Å². The topological polar surface area (TPSA) is 81.5 Å². The van der Waals surface area contributed by atoms with Crippen LogP contribution in [0.2, 0.25) is 0 Å². The van der Waals surface area contributed by atoms with Crippen molar-refractivity contribution in [3.8, 4) is 5.75 Å². The molecule has 0 heterocycles. The van der Waals surface area contributed by atoms with Crippen LogP contribution < -0.4 is 10.1 Å². The van der Waals surface area contributed by atoms with Crippen LogP contribution in [0, 0.1) is 10.1 Å². The molecule has 0 fully saturated rings. The molecule has 0 saturated carbocycles. The van der Waals surface area contributed by atoms with Gasteiger partial charge in [0.05, 0.1) is 12.0 Å². The fraction of sp³-hybridized carbons (Fsp3) is 0.188. The first-order chi connectivity index (χ1) is 10.5. The Balaban J connectivity index is 2.20. The average Bonchev–Trinajstić information content (AvgIpc) is 2.52. The minimum absolute atomic E-state index is 0.0569. The third-order valence-electron chi connectivity index (χ3n) is 3.24. The van der Waals surface area contributed by atoms with Gasteiger partial charge in [0.1, 0.15) is 11.4 Å². The Morgan fingerprint density at radius 2 is 1.91 bits per heavy atom. The van der Waals surface area contributed by atoms with Gasteiger partial charge in [-0.25, -0.2) is 0 Å². The first-order valence-corrected chi connectivity index (χ1v) is 6.67. The number of methoxy groups -OCH3 is 1. The molecule has 6 nitrogen and oxygen atoms in total. The maximum atomic E-state index is 11.4. The van der Waals surface area contributed by atoms with E-state index in [1.54, 1.807) is 7.11 Å². The van der Waals surface area contributed by atoms with Gasteiger partial charge in [-0.3, -0.25) is 14.9 Å². The Morgan fingerprint density at radius 1 is 1.23 bits per heavy atom. The Morgan fingerprint density at radius 3 is 2.45 bits per heavy atom. The van der Waals surface area contributed by atoms with Crippen molar-refractivity contribution in [3.63, 3.8) is 0 Å². The molecule has 114 valence electrons. The van der Waals surface area contributed by atoms with Crippen LogP contribution in [-0.4, -0.2) is 17.8 Å². The number of benzene rings is 2. The molecule has 0 aliphatic heterocycles. The van der Waals surface area contributed by atoms with Gasteiger partial charge in [-0.15, -0.1) is 0 Å². The number of Topliss-reactive ketones (excluding diaryl/α,β-unsaturated/α-hetero) is 1. The average molecular weight is 300 g/mol. The quantitative estimate of drug-likeness (QED) is 0.502. The lowest BCUT2D eigenvalue weighted by Crippen LogP contribution is -2.04. The molecule has 0 bridgehead atoms. The van der Waals surface area contributed by atoms with Crippen molar-refractivity contribution in [1.29, 1.82) is 0 Å². The highest BCUT2D eigenvalue weighted by Crippen LogP contribution is 2.26. The molecule has 2 aromatic carbocycles. The second-order valence-corrected chi connectivity index (χ2v) is 4.75. The van der Waals surface area contributed by atoms with E-state index in [0.29, 0.717) is 17.8 Å². The van der Waals surface area contributed by atoms with E-state index in [-0.39, 0.29) is 11.5 Å². The standard InChI is InChI=1S/C16H16N2O4/c1-11(19)13-5-8-16(18(20)21)15(9-13)17-10-12-3-6-14(22-2)7-4-12/h3-9,17H,10H2,1-2H3. The third-order valence-corrected chi connectivity index (χ3v) is 3.24. The number of nitro benzene ring substituents is 1. The number of carbonyl (C=O) groups is 1. The van der Waals surface area contributed by atoms with Gasteiger partial charge in [0.15, 0.2) is 5.78 Å². The van der Waals surface area contributed by atoms with Crippen LogP contribution in [0.1, 0.15) is 22.8 Å². The van der Waals surface area contributed by atoms with E-state index in [9.17, 15) is 14.9 Å². The van der Waals surface area contributed by atoms with Crippen molar-refractivity contribution in [2.45, 2.75) is 13.5 Å². The number of hydrogen-bond acceptors (Lipinski definition) is 5. The lowest BCUT2D eigenvalue weighted by Gasteiger charge is -2.09. The molecule has 0 radical (unpaired) electrons. The number of hydrogen-bond donors (Lipinski definition) is 1.